The Kier molecular flexibility index (Phi) is 7.06. The molecule has 2 nitrogen and oxygen atoms in total. The van der Waals surface area contributed by atoms with Crippen LogP contribution in [0.1, 0.15) is 11.1 Å². The molecular weight excluding hydrogens is 656 g/mol. The first-order chi connectivity index (χ1) is 25.2. The number of benzene rings is 8. The fourth-order valence-corrected chi connectivity index (χ4v) is 11.9. The zero-order valence-corrected chi connectivity index (χ0v) is 29.6. The van der Waals surface area contributed by atoms with Gasteiger partial charge in [-0.2, -0.15) is 0 Å². The van der Waals surface area contributed by atoms with Crippen molar-refractivity contribution in [3.05, 3.63) is 193 Å². The minimum atomic E-state index is -2.26. The van der Waals surface area contributed by atoms with Gasteiger partial charge in [-0.25, -0.2) is 0 Å². The molecule has 1 heterocycles. The molecule has 1 aliphatic carbocycles. The standard InChI is InChI=1S/C47H33N2PS/c51-50(39-19-6-2-7-20-39,40-21-8-3-9-22-40)41-29-27-34-30-38(28-26-35(34)31-41)48-43-24-10-11-25-44(43)49(37-17-4-1-5-18-37)47-42-23-13-15-33-14-12-16-36(46(33)42)32-45(47)48/h1-22,24-32H,23H2. The second kappa shape index (κ2) is 12.0. The number of fused-ring (bicyclic) bond motifs is 4. The first-order valence-electron chi connectivity index (χ1n) is 17.4. The summed E-state index contributed by atoms with van der Waals surface area (Å²) in [5.41, 5.74) is 9.69. The van der Waals surface area contributed by atoms with E-state index in [-0.39, 0.29) is 0 Å². The van der Waals surface area contributed by atoms with Gasteiger partial charge in [-0.15, -0.1) is 0 Å². The molecule has 10 rings (SSSR count). The van der Waals surface area contributed by atoms with Crippen LogP contribution in [0.25, 0.3) is 27.6 Å². The molecule has 4 heteroatoms. The summed E-state index contributed by atoms with van der Waals surface area (Å²) >= 11 is 6.70. The number of para-hydroxylation sites is 3. The van der Waals surface area contributed by atoms with Gasteiger partial charge in [0, 0.05) is 17.4 Å². The second-order valence-corrected chi connectivity index (χ2v) is 17.7. The van der Waals surface area contributed by atoms with E-state index in [0.717, 1.165) is 23.5 Å². The lowest BCUT2D eigenvalue weighted by atomic mass is 9.88. The van der Waals surface area contributed by atoms with Gasteiger partial charge < -0.3 is 9.80 Å². The van der Waals surface area contributed by atoms with Crippen molar-refractivity contribution in [2.24, 2.45) is 0 Å². The van der Waals surface area contributed by atoms with E-state index in [9.17, 15) is 0 Å². The molecule has 2 aliphatic rings. The molecule has 0 aromatic heterocycles. The highest BCUT2D eigenvalue weighted by atomic mass is 32.4. The van der Waals surface area contributed by atoms with Gasteiger partial charge in [-0.3, -0.25) is 0 Å². The summed E-state index contributed by atoms with van der Waals surface area (Å²) in [4.78, 5) is 4.94. The molecule has 242 valence electrons. The number of hydrogen-bond donors (Lipinski definition) is 0. The maximum Gasteiger partial charge on any atom is 0.0745 e. The molecule has 51 heavy (non-hydrogen) atoms. The van der Waals surface area contributed by atoms with Gasteiger partial charge in [0.05, 0.1) is 22.7 Å². The van der Waals surface area contributed by atoms with E-state index < -0.39 is 6.04 Å². The second-order valence-electron chi connectivity index (χ2n) is 13.3. The van der Waals surface area contributed by atoms with E-state index in [1.807, 2.05) is 0 Å². The van der Waals surface area contributed by atoms with Crippen LogP contribution in [-0.2, 0) is 18.2 Å². The van der Waals surface area contributed by atoms with E-state index in [1.54, 1.807) is 0 Å². The van der Waals surface area contributed by atoms with Crippen molar-refractivity contribution in [1.29, 1.82) is 0 Å². The zero-order chi connectivity index (χ0) is 33.9. The average molecular weight is 689 g/mol. The molecule has 0 radical (unpaired) electrons. The Bertz CT molecular complexity index is 2660. The van der Waals surface area contributed by atoms with Crippen molar-refractivity contribution in [1.82, 2.24) is 0 Å². The van der Waals surface area contributed by atoms with Crippen molar-refractivity contribution in [2.75, 3.05) is 9.80 Å². The molecule has 1 aliphatic heterocycles. The van der Waals surface area contributed by atoms with E-state index in [2.05, 4.69) is 198 Å². The smallest absolute Gasteiger partial charge is 0.0745 e. The summed E-state index contributed by atoms with van der Waals surface area (Å²) in [6, 6.07) is 61.6. The highest BCUT2D eigenvalue weighted by molar-refractivity contribution is 8.25. The summed E-state index contributed by atoms with van der Waals surface area (Å²) in [5, 5.41) is 8.62. The predicted octanol–water partition coefficient (Wildman–Crippen LogP) is 11.6. The highest BCUT2D eigenvalue weighted by Gasteiger charge is 2.34. The van der Waals surface area contributed by atoms with E-state index in [0.29, 0.717) is 0 Å². The van der Waals surface area contributed by atoms with Crippen LogP contribution in [0.2, 0.25) is 0 Å². The molecule has 0 N–H and O–H groups in total. The normalized spacial score (nSPS) is 13.3. The van der Waals surface area contributed by atoms with Crippen molar-refractivity contribution >= 4 is 95.5 Å². The number of anilines is 6. The molecular formula is C47H33N2PS. The van der Waals surface area contributed by atoms with Crippen LogP contribution in [0.4, 0.5) is 34.1 Å². The molecule has 0 amide bonds. The predicted molar refractivity (Wildman–Crippen MR) is 223 cm³/mol. The average Bonchev–Trinajstić information content (AvgIpc) is 3.20. The summed E-state index contributed by atoms with van der Waals surface area (Å²) in [5.74, 6) is 0. The minimum Gasteiger partial charge on any atom is -0.306 e. The SMILES string of the molecule is S=P(c1ccccc1)(c1ccccc1)c1ccc2cc(N3c4ccccc4N(c4ccccc4)c4c3cc3cccc5c3c4CC=C5)ccc2c1. The van der Waals surface area contributed by atoms with Crippen LogP contribution in [0.15, 0.2) is 182 Å². The molecule has 0 spiro atoms. The first kappa shape index (κ1) is 30.1. The van der Waals surface area contributed by atoms with E-state index >= 15 is 0 Å². The number of rotatable bonds is 5. The molecule has 8 aromatic carbocycles. The Morgan fingerprint density at radius 1 is 0.451 bits per heavy atom. The molecule has 0 fully saturated rings. The van der Waals surface area contributed by atoms with Crippen molar-refractivity contribution in [2.45, 2.75) is 6.42 Å². The Morgan fingerprint density at radius 3 is 1.80 bits per heavy atom. The third-order valence-corrected chi connectivity index (χ3v) is 15.3. The van der Waals surface area contributed by atoms with Crippen LogP contribution in [0.5, 0.6) is 0 Å². The van der Waals surface area contributed by atoms with Crippen molar-refractivity contribution in [3.8, 4) is 0 Å². The first-order valence-corrected chi connectivity index (χ1v) is 20.2. The highest BCUT2D eigenvalue weighted by Crippen LogP contribution is 2.57. The summed E-state index contributed by atoms with van der Waals surface area (Å²) < 4.78 is 0. The summed E-state index contributed by atoms with van der Waals surface area (Å²) in [7, 11) is 0. The van der Waals surface area contributed by atoms with E-state index in [4.69, 9.17) is 11.8 Å². The number of nitrogens with zero attached hydrogens (tertiary/aromatic N) is 2. The van der Waals surface area contributed by atoms with Gasteiger partial charge in [0.1, 0.15) is 0 Å². The monoisotopic (exact) mass is 688 g/mol. The van der Waals surface area contributed by atoms with Gasteiger partial charge >= 0.3 is 0 Å². The Morgan fingerprint density at radius 2 is 1.08 bits per heavy atom. The zero-order valence-electron chi connectivity index (χ0n) is 27.9. The van der Waals surface area contributed by atoms with Crippen molar-refractivity contribution in [3.63, 3.8) is 0 Å². The van der Waals surface area contributed by atoms with Gasteiger partial charge in [-0.1, -0.05) is 151 Å². The van der Waals surface area contributed by atoms with Gasteiger partial charge in [0.15, 0.2) is 0 Å². The lowest BCUT2D eigenvalue weighted by molar-refractivity contribution is 1.14. The fraction of sp³-hybridized carbons (Fsp3) is 0.0213. The van der Waals surface area contributed by atoms with Crippen LogP contribution >= 0.6 is 6.04 Å². The number of allylic oxidation sites excluding steroid dienone is 1. The van der Waals surface area contributed by atoms with Crippen molar-refractivity contribution < 1.29 is 0 Å². The summed E-state index contributed by atoms with van der Waals surface area (Å²) in [6.07, 6.45) is 5.47. The minimum absolute atomic E-state index is 0.880. The molecule has 8 aromatic rings. The van der Waals surface area contributed by atoms with Crippen LogP contribution < -0.4 is 25.7 Å². The fourth-order valence-electron chi connectivity index (χ4n) is 8.10. The molecule has 0 saturated heterocycles. The topological polar surface area (TPSA) is 6.48 Å². The Balaban J connectivity index is 1.18. The number of hydrogen-bond acceptors (Lipinski definition) is 3. The van der Waals surface area contributed by atoms with Gasteiger partial charge in [0.25, 0.3) is 0 Å². The third kappa shape index (κ3) is 4.73. The molecule has 0 unspecified atom stereocenters. The lowest BCUT2D eigenvalue weighted by Gasteiger charge is -2.42. The summed E-state index contributed by atoms with van der Waals surface area (Å²) in [6.45, 7) is 0. The Hall–Kier alpha value is -5.73. The lowest BCUT2D eigenvalue weighted by Crippen LogP contribution is -2.25. The van der Waals surface area contributed by atoms with Gasteiger partial charge in [0.2, 0.25) is 0 Å². The van der Waals surface area contributed by atoms with Gasteiger partial charge in [-0.05, 0) is 104 Å². The quantitative estimate of drug-likeness (QED) is 0.166. The molecule has 0 bridgehead atoms. The largest absolute Gasteiger partial charge is 0.306 e. The van der Waals surface area contributed by atoms with Crippen LogP contribution in [-0.4, -0.2) is 0 Å². The Labute approximate surface area is 303 Å². The molecule has 0 saturated carbocycles. The maximum absolute atomic E-state index is 6.70. The van der Waals surface area contributed by atoms with Crippen LogP contribution in [0, 0.1) is 0 Å². The molecule has 0 atom stereocenters. The van der Waals surface area contributed by atoms with E-state index in [1.165, 1.54) is 65.6 Å². The van der Waals surface area contributed by atoms with Crippen LogP contribution in [0.3, 0.4) is 0 Å². The maximum atomic E-state index is 6.70. The third-order valence-electron chi connectivity index (χ3n) is 10.4.